The molecule has 5 nitrogen and oxygen atoms in total. The molecule has 3 rings (SSSR count). The van der Waals surface area contributed by atoms with Gasteiger partial charge in [-0.05, 0) is 11.6 Å². The zero-order valence-corrected chi connectivity index (χ0v) is 15.4. The van der Waals surface area contributed by atoms with Gasteiger partial charge >= 0.3 is 0 Å². The molecule has 26 heavy (non-hydrogen) atoms. The molecule has 6 heteroatoms. The number of benzene rings is 2. The van der Waals surface area contributed by atoms with Crippen molar-refractivity contribution >= 4 is 23.7 Å². The summed E-state index contributed by atoms with van der Waals surface area (Å²) in [6.07, 6.45) is 1.57. The zero-order valence-electron chi connectivity index (χ0n) is 14.6. The maximum atomic E-state index is 12.0. The van der Waals surface area contributed by atoms with E-state index in [2.05, 4.69) is 44.6 Å². The van der Waals surface area contributed by atoms with Gasteiger partial charge < -0.3 is 0 Å². The van der Waals surface area contributed by atoms with Crippen LogP contribution in [0.1, 0.15) is 11.1 Å². The summed E-state index contributed by atoms with van der Waals surface area (Å²) >= 11 is 6.05. The summed E-state index contributed by atoms with van der Waals surface area (Å²) in [4.78, 5) is 16.6. The lowest BCUT2D eigenvalue weighted by Gasteiger charge is -2.34. The molecule has 0 radical (unpaired) electrons. The molecule has 136 valence electrons. The van der Waals surface area contributed by atoms with Crippen molar-refractivity contribution in [3.8, 4) is 0 Å². The Labute approximate surface area is 159 Å². The second-order valence-electron chi connectivity index (χ2n) is 6.35. The standard InChI is InChI=1S/C20H23ClN4O/c21-19-9-5-4-8-18(19)14-22-23-20(26)16-25-12-10-24(11-13-25)15-17-6-2-1-3-7-17/h1-9,14H,10-13,15-16H2,(H,23,26)/b22-14-. The number of hydrazone groups is 1. The van der Waals surface area contributed by atoms with E-state index in [0.717, 1.165) is 38.3 Å². The predicted molar refractivity (Wildman–Crippen MR) is 105 cm³/mol. The van der Waals surface area contributed by atoms with E-state index in [1.165, 1.54) is 5.56 Å². The van der Waals surface area contributed by atoms with Crippen molar-refractivity contribution in [2.24, 2.45) is 5.10 Å². The van der Waals surface area contributed by atoms with Crippen LogP contribution in [0.15, 0.2) is 59.7 Å². The highest BCUT2D eigenvalue weighted by Gasteiger charge is 2.18. The molecule has 2 aromatic rings. The van der Waals surface area contributed by atoms with E-state index in [-0.39, 0.29) is 5.91 Å². The summed E-state index contributed by atoms with van der Waals surface area (Å²) in [5.74, 6) is -0.107. The number of halogens is 1. The van der Waals surface area contributed by atoms with Gasteiger partial charge in [-0.1, -0.05) is 60.1 Å². The van der Waals surface area contributed by atoms with E-state index in [1.807, 2.05) is 24.3 Å². The van der Waals surface area contributed by atoms with Crippen molar-refractivity contribution in [2.75, 3.05) is 32.7 Å². The smallest absolute Gasteiger partial charge is 0.254 e. The third-order valence-electron chi connectivity index (χ3n) is 4.38. The van der Waals surface area contributed by atoms with Gasteiger partial charge in [0.15, 0.2) is 0 Å². The van der Waals surface area contributed by atoms with Gasteiger partial charge in [-0.15, -0.1) is 0 Å². The number of nitrogens with zero attached hydrogens (tertiary/aromatic N) is 3. The van der Waals surface area contributed by atoms with Crippen molar-refractivity contribution in [3.05, 3.63) is 70.7 Å². The number of carbonyl (C=O) groups is 1. The van der Waals surface area contributed by atoms with E-state index in [4.69, 9.17) is 11.6 Å². The molecule has 1 amide bonds. The number of hydrogen-bond donors (Lipinski definition) is 1. The first kappa shape index (κ1) is 18.6. The molecule has 0 aliphatic carbocycles. The Kier molecular flexibility index (Phi) is 6.77. The second-order valence-corrected chi connectivity index (χ2v) is 6.76. The topological polar surface area (TPSA) is 47.9 Å². The minimum Gasteiger partial charge on any atom is -0.297 e. The average Bonchev–Trinajstić information content (AvgIpc) is 2.66. The third-order valence-corrected chi connectivity index (χ3v) is 4.72. The summed E-state index contributed by atoms with van der Waals surface area (Å²) in [6, 6.07) is 17.9. The SMILES string of the molecule is O=C(CN1CCN(Cc2ccccc2)CC1)N/N=C\c1ccccc1Cl. The van der Waals surface area contributed by atoms with Gasteiger partial charge in [-0.25, -0.2) is 5.43 Å². The molecule has 1 N–H and O–H groups in total. The van der Waals surface area contributed by atoms with Crippen molar-refractivity contribution in [1.82, 2.24) is 15.2 Å². The quantitative estimate of drug-likeness (QED) is 0.628. The predicted octanol–water partition coefficient (Wildman–Crippen LogP) is 2.61. The fourth-order valence-corrected chi connectivity index (χ4v) is 3.12. The number of rotatable bonds is 6. The maximum absolute atomic E-state index is 12.0. The minimum absolute atomic E-state index is 0.107. The first-order valence-electron chi connectivity index (χ1n) is 8.76. The summed E-state index contributed by atoms with van der Waals surface area (Å²) in [7, 11) is 0. The molecule has 0 spiro atoms. The van der Waals surface area contributed by atoms with Gasteiger partial charge in [0.1, 0.15) is 0 Å². The van der Waals surface area contributed by atoms with Crippen LogP contribution in [0, 0.1) is 0 Å². The third kappa shape index (κ3) is 5.66. The molecule has 1 saturated heterocycles. The Hall–Kier alpha value is -2.21. The van der Waals surface area contributed by atoms with Crippen LogP contribution in [0.5, 0.6) is 0 Å². The van der Waals surface area contributed by atoms with Crippen molar-refractivity contribution in [2.45, 2.75) is 6.54 Å². The van der Waals surface area contributed by atoms with Gasteiger partial charge in [0, 0.05) is 43.3 Å². The summed E-state index contributed by atoms with van der Waals surface area (Å²) in [5, 5.41) is 4.60. The zero-order chi connectivity index (χ0) is 18.2. The van der Waals surface area contributed by atoms with E-state index < -0.39 is 0 Å². The van der Waals surface area contributed by atoms with Crippen LogP contribution in [0.25, 0.3) is 0 Å². The van der Waals surface area contributed by atoms with Gasteiger partial charge in [0.05, 0.1) is 12.8 Å². The van der Waals surface area contributed by atoms with Crippen LogP contribution >= 0.6 is 11.6 Å². The molecule has 2 aromatic carbocycles. The van der Waals surface area contributed by atoms with Crippen LogP contribution in [0.4, 0.5) is 0 Å². The molecule has 0 saturated carbocycles. The number of piperazine rings is 1. The Bertz CT molecular complexity index is 742. The fourth-order valence-electron chi connectivity index (χ4n) is 2.94. The molecule has 1 aliphatic rings. The largest absolute Gasteiger partial charge is 0.297 e. The number of amides is 1. The Morgan fingerprint density at radius 1 is 1.00 bits per heavy atom. The van der Waals surface area contributed by atoms with Crippen LogP contribution < -0.4 is 5.43 Å². The lowest BCUT2D eigenvalue weighted by Crippen LogP contribution is -2.48. The molecule has 0 unspecified atom stereocenters. The van der Waals surface area contributed by atoms with Gasteiger partial charge in [0.2, 0.25) is 0 Å². The summed E-state index contributed by atoms with van der Waals surface area (Å²) in [5.41, 5.74) is 4.68. The van der Waals surface area contributed by atoms with Crippen LogP contribution in [0.3, 0.4) is 0 Å². The van der Waals surface area contributed by atoms with E-state index in [9.17, 15) is 4.79 Å². The molecule has 1 fully saturated rings. The number of hydrogen-bond acceptors (Lipinski definition) is 4. The molecule has 0 atom stereocenters. The van der Waals surface area contributed by atoms with Crippen LogP contribution in [0.2, 0.25) is 5.02 Å². The Morgan fingerprint density at radius 3 is 2.38 bits per heavy atom. The van der Waals surface area contributed by atoms with Crippen molar-refractivity contribution in [3.63, 3.8) is 0 Å². The van der Waals surface area contributed by atoms with Crippen molar-refractivity contribution in [1.29, 1.82) is 0 Å². The van der Waals surface area contributed by atoms with Gasteiger partial charge in [-0.3, -0.25) is 14.6 Å². The Balaban J connectivity index is 1.39. The lowest BCUT2D eigenvalue weighted by molar-refractivity contribution is -0.122. The van der Waals surface area contributed by atoms with Crippen LogP contribution in [-0.2, 0) is 11.3 Å². The van der Waals surface area contributed by atoms with E-state index in [1.54, 1.807) is 12.3 Å². The summed E-state index contributed by atoms with van der Waals surface area (Å²) < 4.78 is 0. The molecular weight excluding hydrogens is 348 g/mol. The normalized spacial score (nSPS) is 16.0. The van der Waals surface area contributed by atoms with E-state index >= 15 is 0 Å². The first-order valence-corrected chi connectivity index (χ1v) is 9.13. The second kappa shape index (κ2) is 9.48. The molecule has 1 heterocycles. The highest BCUT2D eigenvalue weighted by atomic mass is 35.5. The van der Waals surface area contributed by atoms with E-state index in [0.29, 0.717) is 11.6 Å². The Morgan fingerprint density at radius 2 is 1.65 bits per heavy atom. The van der Waals surface area contributed by atoms with Crippen LogP contribution in [-0.4, -0.2) is 54.6 Å². The minimum atomic E-state index is -0.107. The lowest BCUT2D eigenvalue weighted by atomic mass is 10.2. The molecule has 0 bridgehead atoms. The molecular formula is C20H23ClN4O. The maximum Gasteiger partial charge on any atom is 0.254 e. The highest BCUT2D eigenvalue weighted by molar-refractivity contribution is 6.33. The molecule has 0 aromatic heterocycles. The number of nitrogens with one attached hydrogen (secondary N) is 1. The first-order chi connectivity index (χ1) is 12.7. The van der Waals surface area contributed by atoms with Crippen molar-refractivity contribution < 1.29 is 4.79 Å². The number of carbonyl (C=O) groups excluding carboxylic acids is 1. The monoisotopic (exact) mass is 370 g/mol. The fraction of sp³-hybridized carbons (Fsp3) is 0.300. The molecule has 1 aliphatic heterocycles. The average molecular weight is 371 g/mol. The van der Waals surface area contributed by atoms with Gasteiger partial charge in [0.25, 0.3) is 5.91 Å². The highest BCUT2D eigenvalue weighted by Crippen LogP contribution is 2.12. The summed E-state index contributed by atoms with van der Waals surface area (Å²) in [6.45, 7) is 5.02. The van der Waals surface area contributed by atoms with Gasteiger partial charge in [-0.2, -0.15) is 5.10 Å².